The van der Waals surface area contributed by atoms with E-state index in [1.807, 2.05) is 12.1 Å². The van der Waals surface area contributed by atoms with E-state index in [1.54, 1.807) is 0 Å². The molecule has 2 N–H and O–H groups in total. The summed E-state index contributed by atoms with van der Waals surface area (Å²) in [6.45, 7) is 5.20. The standard InChI is InChI=1S/C17H21BrN2O/c1-12-10-20(9-8-16(12)19)11-15-6-7-17(21-15)13-2-4-14(18)5-3-13/h2-7,12,16H,8-11,19H2,1H3. The van der Waals surface area contributed by atoms with Gasteiger partial charge in [-0.25, -0.2) is 0 Å². The fourth-order valence-electron chi connectivity index (χ4n) is 2.85. The average Bonchev–Trinajstić information content (AvgIpc) is 2.92. The lowest BCUT2D eigenvalue weighted by Crippen LogP contribution is -2.45. The predicted molar refractivity (Wildman–Crippen MR) is 88.9 cm³/mol. The summed E-state index contributed by atoms with van der Waals surface area (Å²) in [5.41, 5.74) is 7.18. The molecule has 1 aliphatic heterocycles. The number of likely N-dealkylation sites (tertiary alicyclic amines) is 1. The first-order valence-corrected chi connectivity index (χ1v) is 8.24. The van der Waals surface area contributed by atoms with Crippen molar-refractivity contribution in [2.24, 2.45) is 11.7 Å². The molecule has 1 saturated heterocycles. The molecule has 1 fully saturated rings. The quantitative estimate of drug-likeness (QED) is 0.915. The van der Waals surface area contributed by atoms with Gasteiger partial charge in [-0.3, -0.25) is 4.90 Å². The van der Waals surface area contributed by atoms with Crippen molar-refractivity contribution in [1.29, 1.82) is 0 Å². The molecule has 0 amide bonds. The van der Waals surface area contributed by atoms with Crippen LogP contribution in [0.4, 0.5) is 0 Å². The molecule has 0 radical (unpaired) electrons. The Hall–Kier alpha value is -1.10. The molecular weight excluding hydrogens is 328 g/mol. The van der Waals surface area contributed by atoms with Crippen LogP contribution in [0.2, 0.25) is 0 Å². The second-order valence-electron chi connectivity index (χ2n) is 5.94. The Balaban J connectivity index is 1.66. The van der Waals surface area contributed by atoms with Crippen LogP contribution < -0.4 is 5.73 Å². The van der Waals surface area contributed by atoms with E-state index in [0.717, 1.165) is 47.6 Å². The number of rotatable bonds is 3. The second-order valence-corrected chi connectivity index (χ2v) is 6.85. The highest BCUT2D eigenvalue weighted by molar-refractivity contribution is 9.10. The zero-order valence-electron chi connectivity index (χ0n) is 12.3. The molecule has 2 atom stereocenters. The Morgan fingerprint density at radius 1 is 1.24 bits per heavy atom. The van der Waals surface area contributed by atoms with Crippen LogP contribution in [0.3, 0.4) is 0 Å². The van der Waals surface area contributed by atoms with E-state index in [1.165, 1.54) is 0 Å². The van der Waals surface area contributed by atoms with E-state index >= 15 is 0 Å². The second kappa shape index (κ2) is 6.34. The summed E-state index contributed by atoms with van der Waals surface area (Å²) in [5.74, 6) is 2.51. The summed E-state index contributed by atoms with van der Waals surface area (Å²) in [7, 11) is 0. The highest BCUT2D eigenvalue weighted by Gasteiger charge is 2.23. The molecule has 3 rings (SSSR count). The lowest BCUT2D eigenvalue weighted by atomic mass is 9.95. The lowest BCUT2D eigenvalue weighted by molar-refractivity contribution is 0.148. The van der Waals surface area contributed by atoms with Gasteiger partial charge in [0, 0.05) is 29.2 Å². The first-order chi connectivity index (χ1) is 10.1. The summed E-state index contributed by atoms with van der Waals surface area (Å²) >= 11 is 3.45. The monoisotopic (exact) mass is 348 g/mol. The van der Waals surface area contributed by atoms with E-state index in [4.69, 9.17) is 10.2 Å². The maximum absolute atomic E-state index is 6.07. The van der Waals surface area contributed by atoms with Crippen LogP contribution in [-0.2, 0) is 6.54 Å². The van der Waals surface area contributed by atoms with Gasteiger partial charge in [0.15, 0.2) is 0 Å². The van der Waals surface area contributed by atoms with Gasteiger partial charge in [0.05, 0.1) is 6.54 Å². The Morgan fingerprint density at radius 2 is 2.00 bits per heavy atom. The number of hydrogen-bond acceptors (Lipinski definition) is 3. The first kappa shape index (κ1) is 14.8. The lowest BCUT2D eigenvalue weighted by Gasteiger charge is -2.34. The van der Waals surface area contributed by atoms with Crippen LogP contribution in [0.5, 0.6) is 0 Å². The molecule has 21 heavy (non-hydrogen) atoms. The SMILES string of the molecule is CC1CN(Cc2ccc(-c3ccc(Br)cc3)o2)CCC1N. The summed E-state index contributed by atoms with van der Waals surface area (Å²) < 4.78 is 7.07. The highest BCUT2D eigenvalue weighted by atomic mass is 79.9. The molecule has 0 spiro atoms. The van der Waals surface area contributed by atoms with E-state index in [0.29, 0.717) is 12.0 Å². The van der Waals surface area contributed by atoms with E-state index in [-0.39, 0.29) is 0 Å². The zero-order valence-corrected chi connectivity index (χ0v) is 13.8. The smallest absolute Gasteiger partial charge is 0.134 e. The van der Waals surface area contributed by atoms with Crippen LogP contribution >= 0.6 is 15.9 Å². The molecule has 2 heterocycles. The molecule has 4 heteroatoms. The van der Waals surface area contributed by atoms with Crippen LogP contribution in [0.25, 0.3) is 11.3 Å². The van der Waals surface area contributed by atoms with Crippen molar-refractivity contribution in [1.82, 2.24) is 4.90 Å². The molecule has 0 bridgehead atoms. The molecule has 3 nitrogen and oxygen atoms in total. The Morgan fingerprint density at radius 3 is 2.71 bits per heavy atom. The number of hydrogen-bond donors (Lipinski definition) is 1. The fourth-order valence-corrected chi connectivity index (χ4v) is 3.11. The van der Waals surface area contributed by atoms with Crippen LogP contribution in [0, 0.1) is 5.92 Å². The third-order valence-electron chi connectivity index (χ3n) is 4.23. The van der Waals surface area contributed by atoms with Crippen LogP contribution in [0.1, 0.15) is 19.1 Å². The van der Waals surface area contributed by atoms with Crippen molar-refractivity contribution in [3.05, 3.63) is 46.6 Å². The summed E-state index contributed by atoms with van der Waals surface area (Å²) in [4.78, 5) is 2.43. The van der Waals surface area contributed by atoms with Crippen molar-refractivity contribution in [3.63, 3.8) is 0 Å². The van der Waals surface area contributed by atoms with Gasteiger partial charge >= 0.3 is 0 Å². The largest absolute Gasteiger partial charge is 0.460 e. The number of furan rings is 1. The van der Waals surface area contributed by atoms with E-state index < -0.39 is 0 Å². The van der Waals surface area contributed by atoms with Crippen LogP contribution in [-0.4, -0.2) is 24.0 Å². The molecule has 112 valence electrons. The van der Waals surface area contributed by atoms with Crippen molar-refractivity contribution in [3.8, 4) is 11.3 Å². The number of piperidine rings is 1. The molecule has 1 aliphatic rings. The van der Waals surface area contributed by atoms with Gasteiger partial charge in [0.2, 0.25) is 0 Å². The third-order valence-corrected chi connectivity index (χ3v) is 4.75. The van der Waals surface area contributed by atoms with E-state index in [2.05, 4.69) is 52.0 Å². The normalized spacial score (nSPS) is 23.4. The number of benzene rings is 1. The van der Waals surface area contributed by atoms with Gasteiger partial charge in [0.1, 0.15) is 11.5 Å². The summed E-state index contributed by atoms with van der Waals surface area (Å²) in [6.07, 6.45) is 1.07. The number of nitrogens with two attached hydrogens (primary N) is 1. The summed E-state index contributed by atoms with van der Waals surface area (Å²) in [5, 5.41) is 0. The Kier molecular flexibility index (Phi) is 4.48. The van der Waals surface area contributed by atoms with Gasteiger partial charge in [-0.05, 0) is 36.6 Å². The molecule has 0 aliphatic carbocycles. The molecule has 1 aromatic carbocycles. The maximum atomic E-state index is 6.07. The van der Waals surface area contributed by atoms with E-state index in [9.17, 15) is 0 Å². The Labute approximate surface area is 134 Å². The van der Waals surface area contributed by atoms with Crippen LogP contribution in [0.15, 0.2) is 45.3 Å². The highest BCUT2D eigenvalue weighted by Crippen LogP contribution is 2.25. The van der Waals surface area contributed by atoms with Crippen molar-refractivity contribution in [2.45, 2.75) is 25.9 Å². The van der Waals surface area contributed by atoms with Crippen molar-refractivity contribution >= 4 is 15.9 Å². The minimum atomic E-state index is 0.344. The van der Waals surface area contributed by atoms with Gasteiger partial charge in [-0.1, -0.05) is 35.0 Å². The number of nitrogens with zero attached hydrogens (tertiary/aromatic N) is 1. The topological polar surface area (TPSA) is 42.4 Å². The predicted octanol–water partition coefficient (Wildman–Crippen LogP) is 3.88. The zero-order chi connectivity index (χ0) is 14.8. The average molecular weight is 349 g/mol. The van der Waals surface area contributed by atoms with Gasteiger partial charge in [0.25, 0.3) is 0 Å². The molecular formula is C17H21BrN2O. The van der Waals surface area contributed by atoms with Crippen molar-refractivity contribution in [2.75, 3.05) is 13.1 Å². The molecule has 2 unspecified atom stereocenters. The molecule has 1 aromatic heterocycles. The minimum Gasteiger partial charge on any atom is -0.460 e. The van der Waals surface area contributed by atoms with Gasteiger partial charge in [-0.2, -0.15) is 0 Å². The molecule has 0 saturated carbocycles. The number of halogens is 1. The molecule has 2 aromatic rings. The van der Waals surface area contributed by atoms with Crippen molar-refractivity contribution < 1.29 is 4.42 Å². The maximum Gasteiger partial charge on any atom is 0.134 e. The summed E-state index contributed by atoms with van der Waals surface area (Å²) in [6, 6.07) is 12.7. The minimum absolute atomic E-state index is 0.344. The first-order valence-electron chi connectivity index (χ1n) is 7.44. The van der Waals surface area contributed by atoms with Gasteiger partial charge in [-0.15, -0.1) is 0 Å². The fraction of sp³-hybridized carbons (Fsp3) is 0.412. The Bertz CT molecular complexity index is 593. The van der Waals surface area contributed by atoms with Gasteiger partial charge < -0.3 is 10.2 Å². The third kappa shape index (κ3) is 3.57.